The predicted molar refractivity (Wildman–Crippen MR) is 68.3 cm³/mol. The summed E-state index contributed by atoms with van der Waals surface area (Å²) in [5.74, 6) is 0. The van der Waals surface area contributed by atoms with Gasteiger partial charge in [-0.05, 0) is 52.9 Å². The van der Waals surface area contributed by atoms with Crippen LogP contribution < -0.4 is 5.32 Å². The second-order valence-corrected chi connectivity index (χ2v) is 6.12. The molecule has 1 saturated carbocycles. The minimum absolute atomic E-state index is 0.000656. The van der Waals surface area contributed by atoms with Gasteiger partial charge in [-0.3, -0.25) is 0 Å². The molecule has 0 unspecified atom stereocenters. The number of alkyl carbamates (subject to hydrolysis) is 1. The van der Waals surface area contributed by atoms with Crippen molar-refractivity contribution in [3.8, 4) is 0 Å². The van der Waals surface area contributed by atoms with Crippen molar-refractivity contribution < 1.29 is 19.7 Å². The van der Waals surface area contributed by atoms with Crippen LogP contribution in [0.15, 0.2) is 0 Å². The second kappa shape index (κ2) is 5.89. The van der Waals surface area contributed by atoms with Gasteiger partial charge in [0.1, 0.15) is 5.60 Å². The molecule has 5 heteroatoms. The van der Waals surface area contributed by atoms with Crippen molar-refractivity contribution in [1.29, 1.82) is 0 Å². The van der Waals surface area contributed by atoms with Gasteiger partial charge in [-0.1, -0.05) is 0 Å². The molecular weight excluding hydrogens is 234 g/mol. The summed E-state index contributed by atoms with van der Waals surface area (Å²) in [5, 5.41) is 21.8. The van der Waals surface area contributed by atoms with Crippen LogP contribution in [-0.2, 0) is 4.74 Å². The molecule has 0 heterocycles. The SMILES string of the molecule is CC(C)(C)OC(=O)NC1CCC(O)(CCO)CC1. The van der Waals surface area contributed by atoms with Gasteiger partial charge in [-0.25, -0.2) is 4.79 Å². The minimum atomic E-state index is -0.763. The summed E-state index contributed by atoms with van der Waals surface area (Å²) in [7, 11) is 0. The summed E-state index contributed by atoms with van der Waals surface area (Å²) in [6.07, 6.45) is 2.65. The average molecular weight is 259 g/mol. The summed E-state index contributed by atoms with van der Waals surface area (Å²) in [5.41, 5.74) is -1.25. The highest BCUT2D eigenvalue weighted by Crippen LogP contribution is 2.30. The van der Waals surface area contributed by atoms with Crippen LogP contribution in [0.3, 0.4) is 0 Å². The molecule has 0 aromatic rings. The minimum Gasteiger partial charge on any atom is -0.444 e. The van der Waals surface area contributed by atoms with E-state index in [1.807, 2.05) is 20.8 Å². The summed E-state index contributed by atoms with van der Waals surface area (Å²) >= 11 is 0. The van der Waals surface area contributed by atoms with Crippen molar-refractivity contribution in [2.24, 2.45) is 0 Å². The van der Waals surface area contributed by atoms with Crippen LogP contribution in [0, 0.1) is 0 Å². The number of hydrogen-bond donors (Lipinski definition) is 3. The lowest BCUT2D eigenvalue weighted by molar-refractivity contribution is -0.0240. The normalized spacial score (nSPS) is 28.8. The Morgan fingerprint density at radius 2 is 1.94 bits per heavy atom. The maximum atomic E-state index is 11.6. The van der Waals surface area contributed by atoms with E-state index in [1.54, 1.807) is 0 Å². The highest BCUT2D eigenvalue weighted by atomic mass is 16.6. The number of amides is 1. The average Bonchev–Trinajstić information content (AvgIpc) is 2.19. The van der Waals surface area contributed by atoms with E-state index in [9.17, 15) is 9.90 Å². The Bertz CT molecular complexity index is 277. The van der Waals surface area contributed by atoms with E-state index in [1.165, 1.54) is 0 Å². The topological polar surface area (TPSA) is 78.8 Å². The second-order valence-electron chi connectivity index (χ2n) is 6.12. The molecule has 0 atom stereocenters. The van der Waals surface area contributed by atoms with Gasteiger partial charge in [-0.2, -0.15) is 0 Å². The summed E-state index contributed by atoms with van der Waals surface area (Å²) < 4.78 is 5.19. The molecule has 0 spiro atoms. The number of ether oxygens (including phenoxy) is 1. The van der Waals surface area contributed by atoms with Gasteiger partial charge in [-0.15, -0.1) is 0 Å². The Morgan fingerprint density at radius 3 is 2.39 bits per heavy atom. The molecule has 0 saturated heterocycles. The molecule has 0 aliphatic heterocycles. The molecule has 1 aliphatic carbocycles. The lowest BCUT2D eigenvalue weighted by Gasteiger charge is -2.36. The van der Waals surface area contributed by atoms with Gasteiger partial charge in [0.25, 0.3) is 0 Å². The van der Waals surface area contributed by atoms with E-state index >= 15 is 0 Å². The summed E-state index contributed by atoms with van der Waals surface area (Å²) in [6, 6.07) is 0.0545. The number of nitrogens with one attached hydrogen (secondary N) is 1. The third kappa shape index (κ3) is 5.23. The van der Waals surface area contributed by atoms with Crippen molar-refractivity contribution in [2.75, 3.05) is 6.61 Å². The van der Waals surface area contributed by atoms with Gasteiger partial charge >= 0.3 is 6.09 Å². The zero-order chi connectivity index (χ0) is 13.8. The Labute approximate surface area is 109 Å². The standard InChI is InChI=1S/C13H25NO4/c1-12(2,3)18-11(16)14-10-4-6-13(17,7-5-10)8-9-15/h10,15,17H,4-9H2,1-3H3,(H,14,16). The monoisotopic (exact) mass is 259 g/mol. The Morgan fingerprint density at radius 1 is 1.39 bits per heavy atom. The maximum Gasteiger partial charge on any atom is 0.407 e. The van der Waals surface area contributed by atoms with Gasteiger partial charge in [0.2, 0.25) is 0 Å². The molecule has 1 rings (SSSR count). The molecule has 0 radical (unpaired) electrons. The molecule has 0 aromatic carbocycles. The van der Waals surface area contributed by atoms with Crippen LogP contribution in [0.5, 0.6) is 0 Å². The fourth-order valence-corrected chi connectivity index (χ4v) is 2.23. The Kier molecular flexibility index (Phi) is 4.99. The number of carbonyl (C=O) groups excluding carboxylic acids is 1. The van der Waals surface area contributed by atoms with E-state index < -0.39 is 17.3 Å². The van der Waals surface area contributed by atoms with Crippen LogP contribution >= 0.6 is 0 Å². The van der Waals surface area contributed by atoms with Crippen molar-refractivity contribution in [2.45, 2.75) is 70.1 Å². The molecular formula is C13H25NO4. The van der Waals surface area contributed by atoms with Crippen LogP contribution in [0.4, 0.5) is 4.79 Å². The van der Waals surface area contributed by atoms with E-state index in [4.69, 9.17) is 9.84 Å². The van der Waals surface area contributed by atoms with Gasteiger partial charge in [0.05, 0.1) is 5.60 Å². The maximum absolute atomic E-state index is 11.6. The predicted octanol–water partition coefficient (Wildman–Crippen LogP) is 1.57. The van der Waals surface area contributed by atoms with E-state index in [-0.39, 0.29) is 12.6 Å². The Balaban J connectivity index is 2.33. The van der Waals surface area contributed by atoms with Gasteiger partial charge < -0.3 is 20.3 Å². The summed E-state index contributed by atoms with van der Waals surface area (Å²) in [4.78, 5) is 11.6. The van der Waals surface area contributed by atoms with Gasteiger partial charge in [0.15, 0.2) is 0 Å². The molecule has 1 fully saturated rings. The fraction of sp³-hybridized carbons (Fsp3) is 0.923. The zero-order valence-corrected chi connectivity index (χ0v) is 11.5. The smallest absolute Gasteiger partial charge is 0.407 e. The lowest BCUT2D eigenvalue weighted by Crippen LogP contribution is -2.45. The van der Waals surface area contributed by atoms with Crippen LogP contribution in [0.1, 0.15) is 52.9 Å². The third-order valence-electron chi connectivity index (χ3n) is 3.21. The van der Waals surface area contributed by atoms with Crippen LogP contribution in [0.25, 0.3) is 0 Å². The number of carbonyl (C=O) groups is 1. The first kappa shape index (κ1) is 15.2. The molecule has 5 nitrogen and oxygen atoms in total. The third-order valence-corrected chi connectivity index (χ3v) is 3.21. The number of aliphatic hydroxyl groups excluding tert-OH is 1. The highest BCUT2D eigenvalue weighted by molar-refractivity contribution is 5.68. The first-order valence-corrected chi connectivity index (χ1v) is 6.57. The fourth-order valence-electron chi connectivity index (χ4n) is 2.23. The van der Waals surface area contributed by atoms with Crippen molar-refractivity contribution in [1.82, 2.24) is 5.32 Å². The van der Waals surface area contributed by atoms with Crippen LogP contribution in [0.2, 0.25) is 0 Å². The van der Waals surface area contributed by atoms with E-state index in [0.29, 0.717) is 19.3 Å². The molecule has 106 valence electrons. The number of aliphatic hydroxyl groups is 2. The first-order valence-electron chi connectivity index (χ1n) is 6.57. The molecule has 3 N–H and O–H groups in total. The number of hydrogen-bond acceptors (Lipinski definition) is 4. The quantitative estimate of drug-likeness (QED) is 0.719. The molecule has 18 heavy (non-hydrogen) atoms. The van der Waals surface area contributed by atoms with Crippen molar-refractivity contribution in [3.05, 3.63) is 0 Å². The van der Waals surface area contributed by atoms with Crippen molar-refractivity contribution in [3.63, 3.8) is 0 Å². The highest BCUT2D eigenvalue weighted by Gasteiger charge is 2.33. The molecule has 0 bridgehead atoms. The molecule has 0 aromatic heterocycles. The largest absolute Gasteiger partial charge is 0.444 e. The Hall–Kier alpha value is -0.810. The van der Waals surface area contributed by atoms with E-state index in [2.05, 4.69) is 5.32 Å². The molecule has 1 aliphatic rings. The number of rotatable bonds is 3. The van der Waals surface area contributed by atoms with Crippen LogP contribution in [-0.4, -0.2) is 40.2 Å². The zero-order valence-electron chi connectivity index (χ0n) is 11.5. The summed E-state index contributed by atoms with van der Waals surface area (Å²) in [6.45, 7) is 5.48. The first-order chi connectivity index (χ1) is 8.24. The lowest BCUT2D eigenvalue weighted by atomic mass is 9.80. The van der Waals surface area contributed by atoms with E-state index in [0.717, 1.165) is 12.8 Å². The van der Waals surface area contributed by atoms with Crippen molar-refractivity contribution >= 4 is 6.09 Å². The molecule has 1 amide bonds. The van der Waals surface area contributed by atoms with Gasteiger partial charge in [0, 0.05) is 12.6 Å².